The van der Waals surface area contributed by atoms with E-state index in [4.69, 9.17) is 5.11 Å². The van der Waals surface area contributed by atoms with E-state index in [1.165, 1.54) is 12.4 Å². The van der Waals surface area contributed by atoms with Crippen LogP contribution in [0.5, 0.6) is 5.75 Å². The Morgan fingerprint density at radius 3 is 2.36 bits per heavy atom. The number of phenols is 1. The van der Waals surface area contributed by atoms with Gasteiger partial charge in [-0.05, 0) is 0 Å². The van der Waals surface area contributed by atoms with Gasteiger partial charge in [-0.25, -0.2) is 13.8 Å². The summed E-state index contributed by atoms with van der Waals surface area (Å²) in [6.45, 7) is 0. The molecule has 0 unspecified atom stereocenters. The summed E-state index contributed by atoms with van der Waals surface area (Å²) in [5.41, 5.74) is -0.271. The van der Waals surface area contributed by atoms with Crippen molar-refractivity contribution in [2.75, 3.05) is 0 Å². The fourth-order valence-electron chi connectivity index (χ4n) is 1.19. The molecular formula is C9H6F2N2O. The van der Waals surface area contributed by atoms with Crippen LogP contribution in [0, 0.1) is 11.6 Å². The monoisotopic (exact) mass is 196 g/mol. The molecule has 0 amide bonds. The molecule has 72 valence electrons. The van der Waals surface area contributed by atoms with E-state index in [0.717, 1.165) is 12.1 Å². The molecule has 0 saturated carbocycles. The lowest BCUT2D eigenvalue weighted by molar-refractivity contribution is 0.461. The highest BCUT2D eigenvalue weighted by molar-refractivity contribution is 5.58. The number of rotatable bonds is 1. The first-order chi connectivity index (χ1) is 6.68. The third-order valence-corrected chi connectivity index (χ3v) is 1.76. The minimum absolute atomic E-state index is 0.0972. The Morgan fingerprint density at radius 2 is 1.86 bits per heavy atom. The van der Waals surface area contributed by atoms with Crippen LogP contribution < -0.4 is 0 Å². The van der Waals surface area contributed by atoms with Gasteiger partial charge in [-0.15, -0.1) is 0 Å². The Bertz CT molecular complexity index is 431. The number of aromatic nitrogens is 2. The van der Waals surface area contributed by atoms with Gasteiger partial charge >= 0.3 is 0 Å². The number of hydrogen-bond donors (Lipinski definition) is 2. The van der Waals surface area contributed by atoms with Crippen molar-refractivity contribution in [1.82, 2.24) is 9.97 Å². The van der Waals surface area contributed by atoms with Crippen molar-refractivity contribution in [2.24, 2.45) is 0 Å². The summed E-state index contributed by atoms with van der Waals surface area (Å²) in [6.07, 6.45) is 2.85. The van der Waals surface area contributed by atoms with Crippen LogP contribution in [0.2, 0.25) is 0 Å². The van der Waals surface area contributed by atoms with Gasteiger partial charge in [-0.3, -0.25) is 0 Å². The Morgan fingerprint density at radius 1 is 1.21 bits per heavy atom. The van der Waals surface area contributed by atoms with Gasteiger partial charge in [-0.2, -0.15) is 0 Å². The molecule has 3 nitrogen and oxygen atoms in total. The molecule has 14 heavy (non-hydrogen) atoms. The number of aromatic hydroxyl groups is 1. The minimum atomic E-state index is -0.850. The maximum atomic E-state index is 13.2. The van der Waals surface area contributed by atoms with Crippen molar-refractivity contribution in [3.8, 4) is 17.1 Å². The van der Waals surface area contributed by atoms with E-state index in [1.807, 2.05) is 0 Å². The molecule has 2 N–H and O–H groups in total. The third-order valence-electron chi connectivity index (χ3n) is 1.76. The van der Waals surface area contributed by atoms with E-state index >= 15 is 0 Å². The van der Waals surface area contributed by atoms with Gasteiger partial charge in [0.25, 0.3) is 0 Å². The predicted octanol–water partition coefficient (Wildman–Crippen LogP) is 2.06. The summed E-state index contributed by atoms with van der Waals surface area (Å²) in [4.78, 5) is 6.30. The van der Waals surface area contributed by atoms with Crippen molar-refractivity contribution in [2.45, 2.75) is 0 Å². The van der Waals surface area contributed by atoms with Crippen molar-refractivity contribution in [1.29, 1.82) is 0 Å². The van der Waals surface area contributed by atoms with Crippen LogP contribution >= 0.6 is 0 Å². The van der Waals surface area contributed by atoms with Gasteiger partial charge in [0.2, 0.25) is 0 Å². The number of benzene rings is 1. The lowest BCUT2D eigenvalue weighted by Crippen LogP contribution is -1.91. The number of hydrogen-bond acceptors (Lipinski definition) is 2. The zero-order valence-electron chi connectivity index (χ0n) is 6.96. The van der Waals surface area contributed by atoms with E-state index in [-0.39, 0.29) is 11.4 Å². The van der Waals surface area contributed by atoms with Crippen molar-refractivity contribution in [3.05, 3.63) is 36.2 Å². The average Bonchev–Trinajstić information content (AvgIpc) is 2.54. The van der Waals surface area contributed by atoms with Crippen molar-refractivity contribution >= 4 is 0 Å². The van der Waals surface area contributed by atoms with Crippen molar-refractivity contribution in [3.63, 3.8) is 0 Å². The second-order valence-corrected chi connectivity index (χ2v) is 2.72. The topological polar surface area (TPSA) is 48.9 Å². The highest BCUT2D eigenvalue weighted by Gasteiger charge is 2.14. The second kappa shape index (κ2) is 3.10. The van der Waals surface area contributed by atoms with E-state index in [0.29, 0.717) is 0 Å². The fourth-order valence-corrected chi connectivity index (χ4v) is 1.19. The molecule has 0 saturated heterocycles. The Hall–Kier alpha value is -1.91. The van der Waals surface area contributed by atoms with Crippen LogP contribution in [-0.2, 0) is 0 Å². The Labute approximate surface area is 78.0 Å². The molecule has 2 aromatic rings. The molecular weight excluding hydrogens is 190 g/mol. The first-order valence-corrected chi connectivity index (χ1v) is 3.86. The van der Waals surface area contributed by atoms with Gasteiger partial charge in [0.15, 0.2) is 0 Å². The molecule has 0 spiro atoms. The molecule has 0 fully saturated rings. The first-order valence-electron chi connectivity index (χ1n) is 3.86. The zero-order valence-corrected chi connectivity index (χ0v) is 6.96. The van der Waals surface area contributed by atoms with E-state index < -0.39 is 17.4 Å². The quantitative estimate of drug-likeness (QED) is 0.733. The SMILES string of the molecule is Oc1cc(F)c(-c2ncc[nH]2)c(F)c1. The first kappa shape index (κ1) is 8.68. The smallest absolute Gasteiger partial charge is 0.143 e. The van der Waals surface area contributed by atoms with E-state index in [1.54, 1.807) is 0 Å². The molecule has 1 aromatic heterocycles. The number of imidazole rings is 1. The number of nitrogens with one attached hydrogen (secondary N) is 1. The zero-order chi connectivity index (χ0) is 10.1. The fraction of sp³-hybridized carbons (Fsp3) is 0. The molecule has 1 aromatic carbocycles. The lowest BCUT2D eigenvalue weighted by Gasteiger charge is -2.01. The number of aromatic amines is 1. The van der Waals surface area contributed by atoms with E-state index in [2.05, 4.69) is 9.97 Å². The molecule has 0 aliphatic rings. The van der Waals surface area contributed by atoms with Crippen LogP contribution in [0.25, 0.3) is 11.4 Å². The highest BCUT2D eigenvalue weighted by atomic mass is 19.1. The van der Waals surface area contributed by atoms with Gasteiger partial charge in [0.1, 0.15) is 23.2 Å². The molecule has 0 aliphatic heterocycles. The average molecular weight is 196 g/mol. The minimum Gasteiger partial charge on any atom is -0.508 e. The van der Waals surface area contributed by atoms with Gasteiger partial charge in [0.05, 0.1) is 5.56 Å². The molecule has 0 atom stereocenters. The molecule has 0 bridgehead atoms. The Balaban J connectivity index is 2.64. The summed E-state index contributed by atoms with van der Waals surface area (Å²) in [5.74, 6) is -2.05. The van der Waals surface area contributed by atoms with Crippen LogP contribution in [0.15, 0.2) is 24.5 Å². The third kappa shape index (κ3) is 1.32. The maximum absolute atomic E-state index is 13.2. The number of H-pyrrole nitrogens is 1. The highest BCUT2D eigenvalue weighted by Crippen LogP contribution is 2.26. The second-order valence-electron chi connectivity index (χ2n) is 2.72. The maximum Gasteiger partial charge on any atom is 0.143 e. The van der Waals surface area contributed by atoms with Crippen LogP contribution in [0.3, 0.4) is 0 Å². The predicted molar refractivity (Wildman–Crippen MR) is 45.6 cm³/mol. The number of phenolic OH excluding ortho intramolecular Hbond substituents is 1. The summed E-state index contributed by atoms with van der Waals surface area (Å²) >= 11 is 0. The van der Waals surface area contributed by atoms with E-state index in [9.17, 15) is 8.78 Å². The van der Waals surface area contributed by atoms with Gasteiger partial charge in [-0.1, -0.05) is 0 Å². The lowest BCUT2D eigenvalue weighted by atomic mass is 10.2. The summed E-state index contributed by atoms with van der Waals surface area (Å²) in [6, 6.07) is 1.67. The number of halogens is 2. The van der Waals surface area contributed by atoms with Crippen LogP contribution in [0.1, 0.15) is 0 Å². The van der Waals surface area contributed by atoms with Gasteiger partial charge < -0.3 is 10.1 Å². The van der Waals surface area contributed by atoms with Crippen LogP contribution in [-0.4, -0.2) is 15.1 Å². The Kier molecular flexibility index (Phi) is 1.92. The van der Waals surface area contributed by atoms with Crippen LogP contribution in [0.4, 0.5) is 8.78 Å². The molecule has 2 rings (SSSR count). The number of nitrogens with zero attached hydrogens (tertiary/aromatic N) is 1. The standard InChI is InChI=1S/C9H6F2N2O/c10-6-3-5(14)4-7(11)8(6)9-12-1-2-13-9/h1-4,14H,(H,12,13). The molecule has 0 radical (unpaired) electrons. The van der Waals surface area contributed by atoms with Crippen molar-refractivity contribution < 1.29 is 13.9 Å². The molecule has 1 heterocycles. The molecule has 0 aliphatic carbocycles. The largest absolute Gasteiger partial charge is 0.508 e. The van der Waals surface area contributed by atoms with Gasteiger partial charge in [0, 0.05) is 24.5 Å². The molecule has 5 heteroatoms. The summed E-state index contributed by atoms with van der Waals surface area (Å²) in [5, 5.41) is 8.91. The normalized spacial score (nSPS) is 10.4. The summed E-state index contributed by atoms with van der Waals surface area (Å²) < 4.78 is 26.4. The summed E-state index contributed by atoms with van der Waals surface area (Å²) in [7, 11) is 0.